The van der Waals surface area contributed by atoms with E-state index in [-0.39, 0.29) is 0 Å². The molecule has 2 heterocycles. The second kappa shape index (κ2) is 5.63. The first-order valence-electron chi connectivity index (χ1n) is 6.45. The third-order valence-corrected chi connectivity index (χ3v) is 4.34. The van der Waals surface area contributed by atoms with E-state index in [1.165, 1.54) is 0 Å². The number of hydrogen-bond donors (Lipinski definition) is 2. The number of anilines is 1. The summed E-state index contributed by atoms with van der Waals surface area (Å²) in [6.45, 7) is 2.00. The van der Waals surface area contributed by atoms with Crippen LogP contribution in [0.2, 0.25) is 0 Å². The zero-order valence-corrected chi connectivity index (χ0v) is 12.5. The van der Waals surface area contributed by atoms with Gasteiger partial charge in [0.25, 0.3) is 0 Å². The van der Waals surface area contributed by atoms with Gasteiger partial charge in [0.2, 0.25) is 0 Å². The minimum absolute atomic E-state index is 0.593. The van der Waals surface area contributed by atoms with Crippen molar-refractivity contribution in [2.24, 2.45) is 0 Å². The van der Waals surface area contributed by atoms with E-state index in [1.807, 2.05) is 31.2 Å². The maximum absolute atomic E-state index is 12.6. The molecule has 6 nitrogen and oxygen atoms in total. The van der Waals surface area contributed by atoms with Crippen LogP contribution in [0.1, 0.15) is 5.56 Å². The molecule has 0 fully saturated rings. The number of benzene rings is 1. The van der Waals surface area contributed by atoms with Crippen molar-refractivity contribution in [1.29, 1.82) is 0 Å². The summed E-state index contributed by atoms with van der Waals surface area (Å²) in [6, 6.07) is 9.41. The van der Waals surface area contributed by atoms with Crippen LogP contribution in [0.5, 0.6) is 0 Å². The zero-order chi connectivity index (χ0) is 14.8. The number of aromatic nitrogens is 3. The van der Waals surface area contributed by atoms with Crippen LogP contribution < -0.4 is 10.9 Å². The Kier molecular flexibility index (Phi) is 3.68. The van der Waals surface area contributed by atoms with Gasteiger partial charge in [-0.15, -0.1) is 0 Å². The second-order valence-corrected chi connectivity index (χ2v) is 5.91. The lowest BCUT2D eigenvalue weighted by molar-refractivity contribution is 0.678. The molecule has 1 atom stereocenters. The number of nitrogens with zero attached hydrogens (tertiary/aromatic N) is 3. The van der Waals surface area contributed by atoms with Crippen molar-refractivity contribution in [3.8, 4) is 0 Å². The Morgan fingerprint density at radius 3 is 2.67 bits per heavy atom. The van der Waals surface area contributed by atoms with E-state index in [0.29, 0.717) is 17.0 Å². The van der Waals surface area contributed by atoms with Crippen LogP contribution in [0.4, 0.5) is 5.82 Å². The predicted octanol–water partition coefficient (Wildman–Crippen LogP) is 1.86. The highest BCUT2D eigenvalue weighted by Crippen LogP contribution is 2.18. The number of rotatable bonds is 4. The van der Waals surface area contributed by atoms with Crippen molar-refractivity contribution < 1.29 is 4.21 Å². The minimum Gasteiger partial charge on any atom is -0.305 e. The molecule has 0 aliphatic heterocycles. The first-order chi connectivity index (χ1) is 10.2. The third kappa shape index (κ3) is 2.65. The largest absolute Gasteiger partial charge is 0.305 e. The van der Waals surface area contributed by atoms with Crippen LogP contribution in [0.3, 0.4) is 0 Å². The summed E-state index contributed by atoms with van der Waals surface area (Å²) in [7, 11) is 0.423. The van der Waals surface area contributed by atoms with Crippen LogP contribution in [-0.4, -0.2) is 25.2 Å². The summed E-state index contributed by atoms with van der Waals surface area (Å²) in [6.07, 6.45) is 3.34. The lowest BCUT2D eigenvalue weighted by Gasteiger charge is -2.06. The van der Waals surface area contributed by atoms with Crippen molar-refractivity contribution in [3.63, 3.8) is 0 Å². The fourth-order valence-corrected chi connectivity index (χ4v) is 3.04. The normalized spacial score (nSPS) is 12.5. The van der Waals surface area contributed by atoms with E-state index in [9.17, 15) is 4.21 Å². The Morgan fingerprint density at radius 2 is 1.95 bits per heavy atom. The van der Waals surface area contributed by atoms with Gasteiger partial charge in [-0.2, -0.15) is 0 Å². The number of hydrazine groups is 1. The molecule has 1 unspecified atom stereocenters. The van der Waals surface area contributed by atoms with Crippen LogP contribution >= 0.6 is 0 Å². The minimum atomic E-state index is -1.33. The Hall–Kier alpha value is -2.25. The molecule has 0 radical (unpaired) electrons. The van der Waals surface area contributed by atoms with E-state index >= 15 is 0 Å². The molecule has 21 heavy (non-hydrogen) atoms. The first-order valence-corrected chi connectivity index (χ1v) is 7.55. The summed E-state index contributed by atoms with van der Waals surface area (Å²) in [5.41, 5.74) is 8.08. The smallest absolute Gasteiger partial charge is 0.171 e. The van der Waals surface area contributed by atoms with E-state index in [0.717, 1.165) is 10.5 Å². The summed E-state index contributed by atoms with van der Waals surface area (Å²) in [5.74, 6) is 0.615. The standard InChI is InChI=1S/C14H15N5OS/c1-10-3-5-11(6-4-10)21(20)19-8-7-12-14(19)16-9-13(17-12)18-15-2/h3-9,15H,1-2H3,(H,17,18). The van der Waals surface area contributed by atoms with E-state index in [4.69, 9.17) is 0 Å². The topological polar surface area (TPSA) is 71.8 Å². The monoisotopic (exact) mass is 301 g/mol. The van der Waals surface area contributed by atoms with Crippen molar-refractivity contribution in [3.05, 3.63) is 48.3 Å². The van der Waals surface area contributed by atoms with Gasteiger partial charge in [-0.05, 0) is 25.1 Å². The van der Waals surface area contributed by atoms with E-state index in [2.05, 4.69) is 20.8 Å². The molecule has 2 aromatic heterocycles. The van der Waals surface area contributed by atoms with Crippen LogP contribution in [0.15, 0.2) is 47.6 Å². The Balaban J connectivity index is 2.00. The molecule has 0 aliphatic rings. The van der Waals surface area contributed by atoms with Gasteiger partial charge in [-0.25, -0.2) is 23.6 Å². The molecule has 2 N–H and O–H groups in total. The lowest BCUT2D eigenvalue weighted by Crippen LogP contribution is -2.16. The Morgan fingerprint density at radius 1 is 1.19 bits per heavy atom. The molecular formula is C14H15N5OS. The fourth-order valence-electron chi connectivity index (χ4n) is 1.98. The van der Waals surface area contributed by atoms with Crippen molar-refractivity contribution in [2.45, 2.75) is 11.8 Å². The summed E-state index contributed by atoms with van der Waals surface area (Å²) >= 11 is 0. The van der Waals surface area contributed by atoms with Gasteiger partial charge >= 0.3 is 0 Å². The number of aryl methyl sites for hydroxylation is 1. The highest BCUT2D eigenvalue weighted by atomic mass is 32.2. The highest BCUT2D eigenvalue weighted by molar-refractivity contribution is 7.83. The van der Waals surface area contributed by atoms with Gasteiger partial charge in [0.15, 0.2) is 22.5 Å². The number of hydrogen-bond acceptors (Lipinski definition) is 5. The quantitative estimate of drug-likeness (QED) is 0.720. The van der Waals surface area contributed by atoms with Crippen LogP contribution in [-0.2, 0) is 11.0 Å². The van der Waals surface area contributed by atoms with Gasteiger partial charge in [0.1, 0.15) is 5.52 Å². The SMILES string of the molecule is CNNc1cnc2c(ccn2S(=O)c2ccc(C)cc2)n1. The molecule has 0 saturated heterocycles. The first kappa shape index (κ1) is 13.7. The maximum Gasteiger partial charge on any atom is 0.171 e. The average Bonchev–Trinajstić information content (AvgIpc) is 2.91. The third-order valence-electron chi connectivity index (χ3n) is 3.01. The predicted molar refractivity (Wildman–Crippen MR) is 83.2 cm³/mol. The van der Waals surface area contributed by atoms with Crippen molar-refractivity contribution in [1.82, 2.24) is 19.4 Å². The molecule has 0 saturated carbocycles. The summed E-state index contributed by atoms with van der Waals surface area (Å²) < 4.78 is 14.2. The van der Waals surface area contributed by atoms with Gasteiger partial charge in [0.05, 0.1) is 11.1 Å². The Bertz CT molecular complexity index is 797. The summed E-state index contributed by atoms with van der Waals surface area (Å²) in [5, 5.41) is 0. The molecule has 7 heteroatoms. The van der Waals surface area contributed by atoms with E-state index in [1.54, 1.807) is 29.5 Å². The van der Waals surface area contributed by atoms with Crippen molar-refractivity contribution >= 4 is 28.0 Å². The van der Waals surface area contributed by atoms with Gasteiger partial charge < -0.3 is 5.43 Å². The molecule has 1 aromatic carbocycles. The van der Waals surface area contributed by atoms with Crippen LogP contribution in [0.25, 0.3) is 11.2 Å². The van der Waals surface area contributed by atoms with Gasteiger partial charge in [-0.3, -0.25) is 0 Å². The molecule has 0 aliphatic carbocycles. The molecule has 0 amide bonds. The molecule has 0 spiro atoms. The number of nitrogens with one attached hydrogen (secondary N) is 2. The van der Waals surface area contributed by atoms with E-state index < -0.39 is 11.0 Å². The highest BCUT2D eigenvalue weighted by Gasteiger charge is 2.12. The second-order valence-electron chi connectivity index (χ2n) is 4.54. The molecule has 3 aromatic rings. The van der Waals surface area contributed by atoms with Gasteiger partial charge in [-0.1, -0.05) is 17.7 Å². The zero-order valence-electron chi connectivity index (χ0n) is 11.7. The lowest BCUT2D eigenvalue weighted by atomic mass is 10.2. The van der Waals surface area contributed by atoms with Crippen molar-refractivity contribution in [2.75, 3.05) is 12.5 Å². The number of fused-ring (bicyclic) bond motifs is 1. The molecule has 0 bridgehead atoms. The molecular weight excluding hydrogens is 286 g/mol. The molecule has 3 rings (SSSR count). The molecule has 108 valence electrons. The average molecular weight is 301 g/mol. The van der Waals surface area contributed by atoms with Crippen LogP contribution in [0, 0.1) is 6.92 Å². The summed E-state index contributed by atoms with van der Waals surface area (Å²) in [4.78, 5) is 9.45. The Labute approximate surface area is 124 Å². The maximum atomic E-state index is 12.6. The van der Waals surface area contributed by atoms with Gasteiger partial charge in [0, 0.05) is 13.2 Å². The fraction of sp³-hybridized carbons (Fsp3) is 0.143.